The summed E-state index contributed by atoms with van der Waals surface area (Å²) in [5.41, 5.74) is 19.0. The number of nitrogens with two attached hydrogens (primary N) is 3. The molecule has 0 aliphatic carbocycles. The standard InChI is InChI=1S/C21H27N5O2/c1-14(15-9-11-17(12-10-15)16-6-3-2-4-7-16)20(28)26-18(19(22)27)8-5-13-25-21(23)24/h2-4,6-7,9-12,14,18H,5,8,13H2,1H3,(H2,22,27)(H,26,28)(H4,23,24,25). The number of rotatable bonds is 9. The number of carbonyl (C=O) groups excluding carboxylic acids is 2. The molecule has 0 fully saturated rings. The van der Waals surface area contributed by atoms with Gasteiger partial charge in [-0.25, -0.2) is 0 Å². The van der Waals surface area contributed by atoms with Gasteiger partial charge in [-0.3, -0.25) is 14.6 Å². The second-order valence-electron chi connectivity index (χ2n) is 6.62. The highest BCUT2D eigenvalue weighted by Crippen LogP contribution is 2.23. The van der Waals surface area contributed by atoms with Gasteiger partial charge in [0.25, 0.3) is 0 Å². The number of hydrogen-bond acceptors (Lipinski definition) is 3. The lowest BCUT2D eigenvalue weighted by atomic mass is 9.96. The van der Waals surface area contributed by atoms with Crippen LogP contribution in [0.2, 0.25) is 0 Å². The van der Waals surface area contributed by atoms with E-state index in [-0.39, 0.29) is 11.9 Å². The summed E-state index contributed by atoms with van der Waals surface area (Å²) >= 11 is 0. The number of nitrogens with one attached hydrogen (secondary N) is 1. The highest BCUT2D eigenvalue weighted by molar-refractivity contribution is 5.89. The van der Waals surface area contributed by atoms with Crippen molar-refractivity contribution in [3.05, 3.63) is 60.2 Å². The molecule has 148 valence electrons. The minimum atomic E-state index is -0.757. The number of amides is 2. The minimum absolute atomic E-state index is 0.00719. The Morgan fingerprint density at radius 2 is 1.57 bits per heavy atom. The van der Waals surface area contributed by atoms with Gasteiger partial charge in [-0.05, 0) is 36.5 Å². The Morgan fingerprint density at radius 3 is 2.14 bits per heavy atom. The molecule has 2 atom stereocenters. The van der Waals surface area contributed by atoms with Crippen LogP contribution in [0, 0.1) is 0 Å². The highest BCUT2D eigenvalue weighted by Gasteiger charge is 2.22. The SMILES string of the molecule is CC(C(=O)NC(CCCN=C(N)N)C(N)=O)c1ccc(-c2ccccc2)cc1. The summed E-state index contributed by atoms with van der Waals surface area (Å²) in [4.78, 5) is 28.1. The van der Waals surface area contributed by atoms with Crippen LogP contribution in [0.5, 0.6) is 0 Å². The quantitative estimate of drug-likeness (QED) is 0.297. The van der Waals surface area contributed by atoms with Gasteiger partial charge in [-0.2, -0.15) is 0 Å². The Morgan fingerprint density at radius 1 is 0.964 bits per heavy atom. The van der Waals surface area contributed by atoms with E-state index in [1.54, 1.807) is 6.92 Å². The Labute approximate surface area is 165 Å². The number of nitrogens with zero attached hydrogens (tertiary/aromatic N) is 1. The van der Waals surface area contributed by atoms with Gasteiger partial charge in [0.1, 0.15) is 6.04 Å². The van der Waals surface area contributed by atoms with E-state index in [1.807, 2.05) is 54.6 Å². The molecule has 2 unspecified atom stereocenters. The summed E-state index contributed by atoms with van der Waals surface area (Å²) < 4.78 is 0. The number of hydrogen-bond donors (Lipinski definition) is 4. The fraction of sp³-hybridized carbons (Fsp3) is 0.286. The molecule has 0 aromatic heterocycles. The van der Waals surface area contributed by atoms with Crippen LogP contribution < -0.4 is 22.5 Å². The van der Waals surface area contributed by atoms with E-state index in [0.29, 0.717) is 19.4 Å². The van der Waals surface area contributed by atoms with Gasteiger partial charge in [0, 0.05) is 6.54 Å². The fourth-order valence-corrected chi connectivity index (χ4v) is 2.83. The van der Waals surface area contributed by atoms with Crippen LogP contribution in [0.25, 0.3) is 11.1 Å². The van der Waals surface area contributed by atoms with Crippen molar-refractivity contribution in [2.75, 3.05) is 6.54 Å². The molecular weight excluding hydrogens is 354 g/mol. The zero-order valence-electron chi connectivity index (χ0n) is 16.0. The van der Waals surface area contributed by atoms with Crippen LogP contribution in [0.4, 0.5) is 0 Å². The molecule has 2 rings (SSSR count). The molecule has 0 aliphatic heterocycles. The van der Waals surface area contributed by atoms with E-state index in [9.17, 15) is 9.59 Å². The van der Waals surface area contributed by atoms with Crippen molar-refractivity contribution in [3.8, 4) is 11.1 Å². The molecule has 0 saturated carbocycles. The van der Waals surface area contributed by atoms with Gasteiger partial charge in [0.05, 0.1) is 5.92 Å². The summed E-state index contributed by atoms with van der Waals surface area (Å²) in [5.74, 6) is -1.25. The Hall–Kier alpha value is -3.35. The van der Waals surface area contributed by atoms with Crippen LogP contribution >= 0.6 is 0 Å². The van der Waals surface area contributed by atoms with Crippen molar-refractivity contribution < 1.29 is 9.59 Å². The first kappa shape index (κ1) is 21.0. The second kappa shape index (κ2) is 10.1. The topological polar surface area (TPSA) is 137 Å². The molecular formula is C21H27N5O2. The maximum atomic E-state index is 12.6. The van der Waals surface area contributed by atoms with E-state index in [4.69, 9.17) is 17.2 Å². The maximum absolute atomic E-state index is 12.6. The van der Waals surface area contributed by atoms with Gasteiger partial charge in [0.15, 0.2) is 5.96 Å². The summed E-state index contributed by atoms with van der Waals surface area (Å²) in [7, 11) is 0. The van der Waals surface area contributed by atoms with E-state index >= 15 is 0 Å². The molecule has 7 heteroatoms. The number of carbonyl (C=O) groups is 2. The predicted molar refractivity (Wildman–Crippen MR) is 111 cm³/mol. The highest BCUT2D eigenvalue weighted by atomic mass is 16.2. The molecule has 7 nitrogen and oxygen atoms in total. The van der Waals surface area contributed by atoms with Crippen LogP contribution in [-0.2, 0) is 9.59 Å². The third-order valence-corrected chi connectivity index (χ3v) is 4.52. The van der Waals surface area contributed by atoms with Gasteiger partial charge >= 0.3 is 0 Å². The summed E-state index contributed by atoms with van der Waals surface area (Å²) in [5, 5.41) is 2.72. The zero-order valence-corrected chi connectivity index (χ0v) is 16.0. The van der Waals surface area contributed by atoms with Crippen molar-refractivity contribution in [1.29, 1.82) is 0 Å². The average molecular weight is 381 g/mol. The molecule has 0 spiro atoms. The summed E-state index contributed by atoms with van der Waals surface area (Å²) in [6, 6.07) is 17.0. The average Bonchev–Trinajstić information content (AvgIpc) is 2.70. The van der Waals surface area contributed by atoms with Crippen LogP contribution in [-0.4, -0.2) is 30.4 Å². The smallest absolute Gasteiger partial charge is 0.240 e. The number of primary amides is 1. The second-order valence-corrected chi connectivity index (χ2v) is 6.62. The van der Waals surface area contributed by atoms with Gasteiger partial charge in [0.2, 0.25) is 11.8 Å². The first-order valence-corrected chi connectivity index (χ1v) is 9.19. The number of benzene rings is 2. The lowest BCUT2D eigenvalue weighted by Gasteiger charge is -2.19. The first-order valence-electron chi connectivity index (χ1n) is 9.19. The normalized spacial score (nSPS) is 12.6. The van der Waals surface area contributed by atoms with Crippen LogP contribution in [0.15, 0.2) is 59.6 Å². The molecule has 0 heterocycles. The molecule has 7 N–H and O–H groups in total. The lowest BCUT2D eigenvalue weighted by Crippen LogP contribution is -2.45. The molecule has 2 aromatic carbocycles. The Kier molecular flexibility index (Phi) is 7.56. The lowest BCUT2D eigenvalue weighted by molar-refractivity contribution is -0.128. The zero-order chi connectivity index (χ0) is 20.5. The minimum Gasteiger partial charge on any atom is -0.370 e. The Balaban J connectivity index is 1.98. The number of guanidine groups is 1. The van der Waals surface area contributed by atoms with Crippen LogP contribution in [0.1, 0.15) is 31.2 Å². The van der Waals surface area contributed by atoms with Crippen molar-refractivity contribution >= 4 is 17.8 Å². The third-order valence-electron chi connectivity index (χ3n) is 4.52. The third kappa shape index (κ3) is 6.12. The van der Waals surface area contributed by atoms with Crippen molar-refractivity contribution in [2.24, 2.45) is 22.2 Å². The molecule has 0 radical (unpaired) electrons. The van der Waals surface area contributed by atoms with Crippen molar-refractivity contribution in [2.45, 2.75) is 31.7 Å². The number of aliphatic imine (C=N–C) groups is 1. The van der Waals surface area contributed by atoms with Crippen LogP contribution in [0.3, 0.4) is 0 Å². The van der Waals surface area contributed by atoms with E-state index in [0.717, 1.165) is 16.7 Å². The predicted octanol–water partition coefficient (Wildman–Crippen LogP) is 1.48. The monoisotopic (exact) mass is 381 g/mol. The van der Waals surface area contributed by atoms with Gasteiger partial charge in [-0.15, -0.1) is 0 Å². The van der Waals surface area contributed by atoms with Crippen molar-refractivity contribution in [1.82, 2.24) is 5.32 Å². The van der Waals surface area contributed by atoms with Gasteiger partial charge < -0.3 is 22.5 Å². The van der Waals surface area contributed by atoms with E-state index in [2.05, 4.69) is 10.3 Å². The Bertz CT molecular complexity index is 814. The van der Waals surface area contributed by atoms with E-state index < -0.39 is 17.9 Å². The summed E-state index contributed by atoms with van der Waals surface area (Å²) in [6.45, 7) is 2.17. The molecule has 0 saturated heterocycles. The maximum Gasteiger partial charge on any atom is 0.240 e. The molecule has 28 heavy (non-hydrogen) atoms. The van der Waals surface area contributed by atoms with E-state index in [1.165, 1.54) is 0 Å². The molecule has 0 bridgehead atoms. The molecule has 2 amide bonds. The largest absolute Gasteiger partial charge is 0.370 e. The van der Waals surface area contributed by atoms with Gasteiger partial charge in [-0.1, -0.05) is 54.6 Å². The molecule has 2 aromatic rings. The first-order chi connectivity index (χ1) is 13.4. The molecule has 0 aliphatic rings. The summed E-state index contributed by atoms with van der Waals surface area (Å²) in [6.07, 6.45) is 0.906. The fourth-order valence-electron chi connectivity index (χ4n) is 2.83. The van der Waals surface area contributed by atoms with Crippen molar-refractivity contribution in [3.63, 3.8) is 0 Å².